The minimum atomic E-state index is 0.154. The van der Waals surface area contributed by atoms with Gasteiger partial charge in [-0.2, -0.15) is 5.10 Å². The molecule has 6 nitrogen and oxygen atoms in total. The predicted octanol–water partition coefficient (Wildman–Crippen LogP) is 1.39. The number of nitrogens with zero attached hydrogens (tertiary/aromatic N) is 4. The normalized spacial score (nSPS) is 17.3. The van der Waals surface area contributed by atoms with Crippen molar-refractivity contribution in [2.24, 2.45) is 12.0 Å². The molecule has 0 amide bonds. The van der Waals surface area contributed by atoms with Gasteiger partial charge in [-0.05, 0) is 51.8 Å². The van der Waals surface area contributed by atoms with E-state index in [-0.39, 0.29) is 5.54 Å². The van der Waals surface area contributed by atoms with E-state index in [1.54, 1.807) is 0 Å². The number of aromatic nitrogens is 2. The fourth-order valence-corrected chi connectivity index (χ4v) is 3.06. The SMILES string of the molecule is CN=C(NCCc1cnn(C)c1)NCC(C)(C)N1CCCCC1. The van der Waals surface area contributed by atoms with Gasteiger partial charge < -0.3 is 10.6 Å². The molecule has 1 saturated heterocycles. The lowest BCUT2D eigenvalue weighted by molar-refractivity contribution is 0.0982. The highest BCUT2D eigenvalue weighted by Crippen LogP contribution is 2.19. The van der Waals surface area contributed by atoms with Crippen LogP contribution in [-0.2, 0) is 13.5 Å². The summed E-state index contributed by atoms with van der Waals surface area (Å²) in [6.45, 7) is 8.81. The molecule has 2 N–H and O–H groups in total. The van der Waals surface area contributed by atoms with Crippen molar-refractivity contribution in [1.29, 1.82) is 0 Å². The summed E-state index contributed by atoms with van der Waals surface area (Å²) in [6, 6.07) is 0. The zero-order chi connectivity index (χ0) is 16.7. The number of nitrogens with one attached hydrogen (secondary N) is 2. The molecule has 2 rings (SSSR count). The Labute approximate surface area is 140 Å². The number of aryl methyl sites for hydroxylation is 1. The van der Waals surface area contributed by atoms with Crippen molar-refractivity contribution in [3.8, 4) is 0 Å². The molecular weight excluding hydrogens is 288 g/mol. The van der Waals surface area contributed by atoms with Gasteiger partial charge in [0.2, 0.25) is 0 Å². The molecular formula is C17H32N6. The van der Waals surface area contributed by atoms with Crippen molar-refractivity contribution in [2.45, 2.75) is 45.1 Å². The van der Waals surface area contributed by atoms with Crippen LogP contribution in [0.4, 0.5) is 0 Å². The minimum absolute atomic E-state index is 0.154. The molecule has 1 aromatic rings. The fourth-order valence-electron chi connectivity index (χ4n) is 3.06. The first-order valence-corrected chi connectivity index (χ1v) is 8.68. The Hall–Kier alpha value is -1.56. The number of piperidine rings is 1. The van der Waals surface area contributed by atoms with Crippen LogP contribution in [0.2, 0.25) is 0 Å². The van der Waals surface area contributed by atoms with Crippen LogP contribution in [0.25, 0.3) is 0 Å². The van der Waals surface area contributed by atoms with Gasteiger partial charge in [-0.1, -0.05) is 6.42 Å². The van der Waals surface area contributed by atoms with E-state index < -0.39 is 0 Å². The molecule has 1 aliphatic rings. The van der Waals surface area contributed by atoms with E-state index in [4.69, 9.17) is 0 Å². The molecule has 0 aromatic carbocycles. The van der Waals surface area contributed by atoms with Crippen LogP contribution in [0.1, 0.15) is 38.7 Å². The monoisotopic (exact) mass is 320 g/mol. The van der Waals surface area contributed by atoms with E-state index in [0.29, 0.717) is 0 Å². The second-order valence-corrected chi connectivity index (χ2v) is 6.98. The van der Waals surface area contributed by atoms with Crippen LogP contribution < -0.4 is 10.6 Å². The summed E-state index contributed by atoms with van der Waals surface area (Å²) < 4.78 is 1.84. The molecule has 0 radical (unpaired) electrons. The van der Waals surface area contributed by atoms with E-state index in [1.165, 1.54) is 37.9 Å². The smallest absolute Gasteiger partial charge is 0.191 e. The first-order valence-electron chi connectivity index (χ1n) is 8.68. The van der Waals surface area contributed by atoms with Gasteiger partial charge in [-0.25, -0.2) is 0 Å². The largest absolute Gasteiger partial charge is 0.356 e. The van der Waals surface area contributed by atoms with Gasteiger partial charge in [0.15, 0.2) is 5.96 Å². The van der Waals surface area contributed by atoms with E-state index in [1.807, 2.05) is 25.0 Å². The van der Waals surface area contributed by atoms with Crippen molar-refractivity contribution < 1.29 is 0 Å². The highest BCUT2D eigenvalue weighted by molar-refractivity contribution is 5.79. The molecule has 130 valence electrons. The van der Waals surface area contributed by atoms with Crippen LogP contribution in [0.3, 0.4) is 0 Å². The molecule has 0 unspecified atom stereocenters. The van der Waals surface area contributed by atoms with E-state index in [0.717, 1.165) is 25.5 Å². The van der Waals surface area contributed by atoms with E-state index in [9.17, 15) is 0 Å². The zero-order valence-electron chi connectivity index (χ0n) is 15.1. The maximum atomic E-state index is 4.33. The van der Waals surface area contributed by atoms with Gasteiger partial charge >= 0.3 is 0 Å². The summed E-state index contributed by atoms with van der Waals surface area (Å²) in [5, 5.41) is 11.1. The van der Waals surface area contributed by atoms with Gasteiger partial charge in [0.05, 0.1) is 6.20 Å². The third-order valence-electron chi connectivity index (χ3n) is 4.59. The van der Waals surface area contributed by atoms with Gasteiger partial charge in [0.1, 0.15) is 0 Å². The number of rotatable bonds is 6. The fraction of sp³-hybridized carbons (Fsp3) is 0.765. The Morgan fingerprint density at radius 3 is 2.61 bits per heavy atom. The van der Waals surface area contributed by atoms with Gasteiger partial charge in [0, 0.05) is 38.9 Å². The Kier molecular flexibility index (Phi) is 6.45. The Morgan fingerprint density at radius 2 is 2.00 bits per heavy atom. The molecule has 0 spiro atoms. The average Bonchev–Trinajstić information content (AvgIpc) is 2.97. The van der Waals surface area contributed by atoms with Crippen LogP contribution in [0, 0.1) is 0 Å². The number of aliphatic imine (C=N–C) groups is 1. The third kappa shape index (κ3) is 5.53. The average molecular weight is 320 g/mol. The quantitative estimate of drug-likeness (QED) is 0.614. The molecule has 0 atom stereocenters. The Morgan fingerprint density at radius 1 is 1.26 bits per heavy atom. The van der Waals surface area contributed by atoms with Crippen molar-refractivity contribution in [2.75, 3.05) is 33.2 Å². The lowest BCUT2D eigenvalue weighted by atomic mass is 9.98. The van der Waals surface area contributed by atoms with Crippen molar-refractivity contribution >= 4 is 5.96 Å². The Bertz CT molecular complexity index is 499. The topological polar surface area (TPSA) is 57.5 Å². The lowest BCUT2D eigenvalue weighted by Gasteiger charge is -2.41. The second-order valence-electron chi connectivity index (χ2n) is 6.98. The number of likely N-dealkylation sites (tertiary alicyclic amines) is 1. The summed E-state index contributed by atoms with van der Waals surface area (Å²) >= 11 is 0. The lowest BCUT2D eigenvalue weighted by Crippen LogP contribution is -2.55. The molecule has 23 heavy (non-hydrogen) atoms. The summed E-state index contributed by atoms with van der Waals surface area (Å²) in [7, 11) is 3.77. The van der Waals surface area contributed by atoms with Crippen LogP contribution in [0.5, 0.6) is 0 Å². The standard InChI is InChI=1S/C17H32N6/c1-17(2,23-10-6-5-7-11-23)14-20-16(18-3)19-9-8-15-12-21-22(4)13-15/h12-13H,5-11,14H2,1-4H3,(H2,18,19,20). The van der Waals surface area contributed by atoms with Gasteiger partial charge in [-0.15, -0.1) is 0 Å². The van der Waals surface area contributed by atoms with E-state index in [2.05, 4.69) is 45.7 Å². The van der Waals surface area contributed by atoms with Crippen LogP contribution >= 0.6 is 0 Å². The molecule has 0 aliphatic carbocycles. The first-order chi connectivity index (χ1) is 11.0. The summed E-state index contributed by atoms with van der Waals surface area (Å²) in [4.78, 5) is 6.92. The molecule has 1 aromatic heterocycles. The number of guanidine groups is 1. The van der Waals surface area contributed by atoms with Crippen molar-refractivity contribution in [3.63, 3.8) is 0 Å². The highest BCUT2D eigenvalue weighted by Gasteiger charge is 2.27. The number of hydrogen-bond acceptors (Lipinski definition) is 3. The van der Waals surface area contributed by atoms with Gasteiger partial charge in [0.25, 0.3) is 0 Å². The Balaban J connectivity index is 1.73. The maximum Gasteiger partial charge on any atom is 0.191 e. The summed E-state index contributed by atoms with van der Waals surface area (Å²) in [5.74, 6) is 0.874. The van der Waals surface area contributed by atoms with Crippen molar-refractivity contribution in [3.05, 3.63) is 18.0 Å². The van der Waals surface area contributed by atoms with E-state index >= 15 is 0 Å². The summed E-state index contributed by atoms with van der Waals surface area (Å²) in [5.41, 5.74) is 1.39. The zero-order valence-corrected chi connectivity index (χ0v) is 15.1. The third-order valence-corrected chi connectivity index (χ3v) is 4.59. The molecule has 1 aliphatic heterocycles. The van der Waals surface area contributed by atoms with Crippen LogP contribution in [-0.4, -0.2) is 59.4 Å². The first kappa shape index (κ1) is 17.8. The van der Waals surface area contributed by atoms with Gasteiger partial charge in [-0.3, -0.25) is 14.6 Å². The maximum absolute atomic E-state index is 4.33. The predicted molar refractivity (Wildman–Crippen MR) is 95.8 cm³/mol. The second kappa shape index (κ2) is 8.34. The molecule has 1 fully saturated rings. The highest BCUT2D eigenvalue weighted by atomic mass is 15.2. The molecule has 0 saturated carbocycles. The minimum Gasteiger partial charge on any atom is -0.356 e. The van der Waals surface area contributed by atoms with Crippen molar-refractivity contribution in [1.82, 2.24) is 25.3 Å². The molecule has 2 heterocycles. The van der Waals surface area contributed by atoms with Crippen LogP contribution in [0.15, 0.2) is 17.4 Å². The number of hydrogen-bond donors (Lipinski definition) is 2. The molecule has 6 heteroatoms. The summed E-state index contributed by atoms with van der Waals surface area (Å²) in [6.07, 6.45) is 8.93. The molecule has 0 bridgehead atoms.